The lowest BCUT2D eigenvalue weighted by atomic mass is 9.84. The normalized spacial score (nSPS) is 19.6. The Hall–Kier alpha value is -3.96. The third-order valence-electron chi connectivity index (χ3n) is 8.37. The Labute approximate surface area is 251 Å². The number of benzene rings is 3. The van der Waals surface area contributed by atoms with Gasteiger partial charge in [-0.3, -0.25) is 4.79 Å². The van der Waals surface area contributed by atoms with E-state index in [4.69, 9.17) is 13.7 Å². The third kappa shape index (κ3) is 5.71. The number of ether oxygens (including phenoxy) is 2. The first-order valence-electron chi connectivity index (χ1n) is 14.7. The molecule has 4 aromatic rings. The molecule has 3 aliphatic rings. The summed E-state index contributed by atoms with van der Waals surface area (Å²) in [4.78, 5) is 12.9. The molecule has 11 heteroatoms. The summed E-state index contributed by atoms with van der Waals surface area (Å²) in [6, 6.07) is 13.7. The lowest BCUT2D eigenvalue weighted by molar-refractivity contribution is -0.143. The van der Waals surface area contributed by atoms with E-state index in [1.165, 1.54) is 4.31 Å². The summed E-state index contributed by atoms with van der Waals surface area (Å²) in [6.45, 7) is 9.35. The Bertz CT molecular complexity index is 1820. The molecule has 0 radical (unpaired) electrons. The number of hydrogen-bond donors (Lipinski definition) is 0. The highest BCUT2D eigenvalue weighted by Crippen LogP contribution is 2.38. The van der Waals surface area contributed by atoms with E-state index in [-0.39, 0.29) is 38.0 Å². The summed E-state index contributed by atoms with van der Waals surface area (Å²) in [5.74, 6) is 0.419. The number of carbonyl (C=O) groups is 1. The number of fused-ring (bicyclic) bond motifs is 5. The SMILES string of the molecule is CCOC(=O)CC1c2ccc(C)c(c2)CN2Cc3cc(cc(C)c3OS2(=O)=O)OCCCCn2nnc3c(C)c1ccc32. The van der Waals surface area contributed by atoms with E-state index in [0.29, 0.717) is 30.2 Å². The van der Waals surface area contributed by atoms with Crippen molar-refractivity contribution < 1.29 is 26.9 Å². The first kappa shape index (κ1) is 29.1. The molecule has 0 N–H and O–H groups in total. The molecule has 3 aromatic carbocycles. The maximum atomic E-state index is 13.3. The molecule has 10 nitrogen and oxygen atoms in total. The topological polar surface area (TPSA) is 113 Å². The molecule has 0 spiro atoms. The Kier molecular flexibility index (Phi) is 7.87. The number of carbonyl (C=O) groups excluding carboxylic acids is 1. The van der Waals surface area contributed by atoms with Crippen LogP contribution in [0.1, 0.15) is 71.0 Å². The van der Waals surface area contributed by atoms with Crippen molar-refractivity contribution in [3.8, 4) is 11.5 Å². The van der Waals surface area contributed by atoms with Gasteiger partial charge < -0.3 is 13.7 Å². The van der Waals surface area contributed by atoms with Crippen LogP contribution in [0.25, 0.3) is 11.0 Å². The second kappa shape index (κ2) is 11.6. The van der Waals surface area contributed by atoms with Crippen molar-refractivity contribution in [2.75, 3.05) is 13.2 Å². The monoisotopic (exact) mass is 604 g/mol. The second-order valence-electron chi connectivity index (χ2n) is 11.3. The summed E-state index contributed by atoms with van der Waals surface area (Å²) < 4.78 is 46.9. The molecule has 7 rings (SSSR count). The zero-order valence-corrected chi connectivity index (χ0v) is 25.7. The summed E-state index contributed by atoms with van der Waals surface area (Å²) in [7, 11) is -4.04. The van der Waals surface area contributed by atoms with E-state index in [2.05, 4.69) is 10.3 Å². The minimum absolute atomic E-state index is 0.115. The van der Waals surface area contributed by atoms with Gasteiger partial charge in [-0.2, -0.15) is 12.7 Å². The van der Waals surface area contributed by atoms with Gasteiger partial charge in [0.25, 0.3) is 0 Å². The van der Waals surface area contributed by atoms with E-state index >= 15 is 0 Å². The highest BCUT2D eigenvalue weighted by atomic mass is 32.2. The van der Waals surface area contributed by atoms with Crippen LogP contribution in [0.4, 0.5) is 0 Å². The number of aromatic nitrogens is 3. The number of esters is 1. The second-order valence-corrected chi connectivity index (χ2v) is 12.8. The molecule has 226 valence electrons. The lowest BCUT2D eigenvalue weighted by Crippen LogP contribution is -2.37. The molecule has 9 bridgehead atoms. The maximum absolute atomic E-state index is 13.3. The average Bonchev–Trinajstić information content (AvgIpc) is 3.37. The number of aryl methyl sites for hydroxylation is 4. The van der Waals surface area contributed by atoms with Gasteiger partial charge in [-0.05, 0) is 92.1 Å². The minimum atomic E-state index is -4.04. The van der Waals surface area contributed by atoms with Crippen molar-refractivity contribution in [3.05, 3.63) is 81.4 Å². The van der Waals surface area contributed by atoms with Crippen molar-refractivity contribution in [2.45, 2.75) is 72.5 Å². The predicted octanol–water partition coefficient (Wildman–Crippen LogP) is 5.25. The molecule has 0 saturated carbocycles. The lowest BCUT2D eigenvalue weighted by Gasteiger charge is -2.30. The maximum Gasteiger partial charge on any atom is 0.385 e. The van der Waals surface area contributed by atoms with Gasteiger partial charge in [0.05, 0.1) is 25.2 Å². The van der Waals surface area contributed by atoms with E-state index in [1.807, 2.05) is 67.9 Å². The predicted molar refractivity (Wildman–Crippen MR) is 161 cm³/mol. The first-order chi connectivity index (χ1) is 20.6. The molecule has 0 aliphatic carbocycles. The fourth-order valence-corrected chi connectivity index (χ4v) is 7.18. The standard InChI is InChI=1S/C32H36N4O6S/c1-5-40-30(37)17-28-23-9-8-20(2)24(15-23)18-35-19-25-16-26(14-21(3)32(25)42-43(35,38)39)41-13-7-6-12-36-29-11-10-27(28)22(4)31(29)33-34-36/h8-11,14-16,28H,5-7,12-13,17-19H2,1-4H3. The summed E-state index contributed by atoms with van der Waals surface area (Å²) in [5, 5.41) is 8.96. The van der Waals surface area contributed by atoms with Crippen molar-refractivity contribution in [1.29, 1.82) is 0 Å². The quantitative estimate of drug-likeness (QED) is 0.291. The van der Waals surface area contributed by atoms with E-state index in [1.54, 1.807) is 6.92 Å². The Morgan fingerprint density at radius 2 is 1.84 bits per heavy atom. The van der Waals surface area contributed by atoms with E-state index < -0.39 is 10.3 Å². The molecular formula is C32H36N4O6S. The third-order valence-corrected chi connectivity index (χ3v) is 9.63. The van der Waals surface area contributed by atoms with Crippen LogP contribution in [-0.4, -0.2) is 46.9 Å². The van der Waals surface area contributed by atoms with Gasteiger partial charge in [0, 0.05) is 31.1 Å². The number of rotatable bonds is 3. The van der Waals surface area contributed by atoms with Crippen LogP contribution >= 0.6 is 0 Å². The highest BCUT2D eigenvalue weighted by Gasteiger charge is 2.34. The largest absolute Gasteiger partial charge is 0.494 e. The Balaban J connectivity index is 1.48. The van der Waals surface area contributed by atoms with Crippen LogP contribution in [0, 0.1) is 20.8 Å². The van der Waals surface area contributed by atoms with Crippen molar-refractivity contribution >= 4 is 27.3 Å². The van der Waals surface area contributed by atoms with Crippen LogP contribution in [0.2, 0.25) is 0 Å². The zero-order valence-electron chi connectivity index (χ0n) is 24.9. The van der Waals surface area contributed by atoms with Gasteiger partial charge in [0.2, 0.25) is 0 Å². The van der Waals surface area contributed by atoms with Crippen LogP contribution in [0.3, 0.4) is 0 Å². The molecule has 2 atom stereocenters. The van der Waals surface area contributed by atoms with Gasteiger partial charge in [-0.25, -0.2) is 4.68 Å². The summed E-state index contributed by atoms with van der Waals surface area (Å²) in [6.07, 6.45) is 1.79. The molecule has 3 aliphatic heterocycles. The highest BCUT2D eigenvalue weighted by molar-refractivity contribution is 7.84. The fraction of sp³-hybridized carbons (Fsp3) is 0.406. The molecule has 0 fully saturated rings. The Morgan fingerprint density at radius 1 is 1.02 bits per heavy atom. The first-order valence-corrected chi connectivity index (χ1v) is 16.0. The fourth-order valence-electron chi connectivity index (χ4n) is 6.03. The van der Waals surface area contributed by atoms with Crippen LogP contribution in [0.5, 0.6) is 11.5 Å². The molecule has 4 heterocycles. The Morgan fingerprint density at radius 3 is 2.65 bits per heavy atom. The van der Waals surface area contributed by atoms with Crippen molar-refractivity contribution in [1.82, 2.24) is 19.3 Å². The molecule has 0 saturated heterocycles. The van der Waals surface area contributed by atoms with Gasteiger partial charge in [-0.15, -0.1) is 5.10 Å². The smallest absolute Gasteiger partial charge is 0.385 e. The number of hydrogen-bond acceptors (Lipinski definition) is 8. The molecule has 2 unspecified atom stereocenters. The number of nitrogens with zero attached hydrogens (tertiary/aromatic N) is 4. The zero-order chi connectivity index (χ0) is 30.3. The van der Waals surface area contributed by atoms with Gasteiger partial charge in [0.15, 0.2) is 5.75 Å². The molecule has 0 amide bonds. The van der Waals surface area contributed by atoms with Crippen molar-refractivity contribution in [2.24, 2.45) is 0 Å². The summed E-state index contributed by atoms with van der Waals surface area (Å²) in [5.41, 5.74) is 7.76. The van der Waals surface area contributed by atoms with Crippen LogP contribution in [0.15, 0.2) is 42.5 Å². The van der Waals surface area contributed by atoms with Crippen molar-refractivity contribution in [3.63, 3.8) is 0 Å². The van der Waals surface area contributed by atoms with Gasteiger partial charge >= 0.3 is 16.3 Å². The molecule has 1 aromatic heterocycles. The minimum Gasteiger partial charge on any atom is -0.494 e. The van der Waals surface area contributed by atoms with Crippen LogP contribution in [-0.2, 0) is 39.5 Å². The van der Waals surface area contributed by atoms with Gasteiger partial charge in [-0.1, -0.05) is 29.5 Å². The average molecular weight is 605 g/mol. The summed E-state index contributed by atoms with van der Waals surface area (Å²) >= 11 is 0. The van der Waals surface area contributed by atoms with Gasteiger partial charge in [0.1, 0.15) is 11.3 Å². The van der Waals surface area contributed by atoms with Crippen LogP contribution < -0.4 is 8.92 Å². The van der Waals surface area contributed by atoms with E-state index in [0.717, 1.165) is 57.3 Å². The molecular weight excluding hydrogens is 568 g/mol. The van der Waals surface area contributed by atoms with E-state index in [9.17, 15) is 13.2 Å². The molecule has 43 heavy (non-hydrogen) atoms.